The van der Waals surface area contributed by atoms with E-state index in [1.807, 2.05) is 19.1 Å². The van der Waals surface area contributed by atoms with Gasteiger partial charge in [-0.3, -0.25) is 4.99 Å². The van der Waals surface area contributed by atoms with Crippen LogP contribution < -0.4 is 10.2 Å². The van der Waals surface area contributed by atoms with Crippen molar-refractivity contribution in [2.24, 2.45) is 4.99 Å². The Labute approximate surface area is 157 Å². The number of hydrogen-bond acceptors (Lipinski definition) is 6. The van der Waals surface area contributed by atoms with E-state index in [0.717, 1.165) is 37.3 Å². The Morgan fingerprint density at radius 3 is 2.70 bits per heavy atom. The van der Waals surface area contributed by atoms with Crippen LogP contribution in [0.2, 0.25) is 0 Å². The second-order valence-corrected chi connectivity index (χ2v) is 6.72. The van der Waals surface area contributed by atoms with Crippen LogP contribution in [0.5, 0.6) is 0 Å². The molecule has 1 N–H and O–H groups in total. The quantitative estimate of drug-likeness (QED) is 0.899. The highest BCUT2D eigenvalue weighted by molar-refractivity contribution is 6.04. The first-order valence-corrected chi connectivity index (χ1v) is 9.09. The number of benzene rings is 1. The average Bonchev–Trinajstić information content (AvgIpc) is 3.32. The van der Waals surface area contributed by atoms with Crippen molar-refractivity contribution < 1.29 is 4.39 Å². The van der Waals surface area contributed by atoms with Gasteiger partial charge in [0, 0.05) is 13.1 Å². The third kappa shape index (κ3) is 4.36. The molecule has 1 saturated heterocycles. The molecule has 138 valence electrons. The minimum Gasteiger partial charge on any atom is -0.341 e. The van der Waals surface area contributed by atoms with Gasteiger partial charge in [-0.25, -0.2) is 4.39 Å². The number of nitrogens with zero attached hydrogens (tertiary/aromatic N) is 5. The Hall–Kier alpha value is -3.09. The zero-order valence-electron chi connectivity index (χ0n) is 15.2. The standard InChI is InChI=1S/C20H21FN6/c1-14-11-18(22-13-14)24-19-23-17(8-7-15-5-4-6-16(21)12-15)25-20(26-19)27-9-2-3-10-27/h4-8,11-12H,2-3,9-10,13H2,1H3,(H,22,23,24,25,26)/b8-7+. The number of aromatic nitrogens is 3. The van der Waals surface area contributed by atoms with Crippen LogP contribution in [-0.2, 0) is 0 Å². The Bertz CT molecular complexity index is 928. The van der Waals surface area contributed by atoms with E-state index < -0.39 is 0 Å². The lowest BCUT2D eigenvalue weighted by atomic mass is 10.2. The van der Waals surface area contributed by atoms with Crippen LogP contribution in [0.1, 0.15) is 31.2 Å². The Balaban J connectivity index is 1.63. The number of nitrogens with one attached hydrogen (secondary N) is 1. The van der Waals surface area contributed by atoms with Gasteiger partial charge in [-0.1, -0.05) is 18.2 Å². The van der Waals surface area contributed by atoms with Crippen LogP contribution >= 0.6 is 0 Å². The van der Waals surface area contributed by atoms with Crippen LogP contribution in [0.25, 0.3) is 12.2 Å². The van der Waals surface area contributed by atoms with Gasteiger partial charge in [-0.15, -0.1) is 0 Å². The topological polar surface area (TPSA) is 66.3 Å². The minimum absolute atomic E-state index is 0.269. The molecule has 2 aliphatic rings. The van der Waals surface area contributed by atoms with Crippen molar-refractivity contribution in [2.45, 2.75) is 19.8 Å². The molecular weight excluding hydrogens is 343 g/mol. The Morgan fingerprint density at radius 2 is 1.96 bits per heavy atom. The smallest absolute Gasteiger partial charge is 0.233 e. The second-order valence-electron chi connectivity index (χ2n) is 6.72. The molecule has 6 nitrogen and oxygen atoms in total. The summed E-state index contributed by atoms with van der Waals surface area (Å²) < 4.78 is 13.4. The maximum absolute atomic E-state index is 13.4. The molecule has 3 heterocycles. The molecular formula is C20H21FN6. The maximum Gasteiger partial charge on any atom is 0.233 e. The molecule has 2 aromatic rings. The van der Waals surface area contributed by atoms with Gasteiger partial charge >= 0.3 is 0 Å². The Morgan fingerprint density at radius 1 is 1.11 bits per heavy atom. The van der Waals surface area contributed by atoms with Gasteiger partial charge in [0.2, 0.25) is 11.9 Å². The number of rotatable bonds is 4. The van der Waals surface area contributed by atoms with Gasteiger partial charge in [-0.2, -0.15) is 15.0 Å². The van der Waals surface area contributed by atoms with E-state index in [2.05, 4.69) is 30.2 Å². The van der Waals surface area contributed by atoms with Gasteiger partial charge in [0.15, 0.2) is 5.82 Å². The van der Waals surface area contributed by atoms with Gasteiger partial charge in [0.1, 0.15) is 11.7 Å². The van der Waals surface area contributed by atoms with Crippen molar-refractivity contribution in [3.63, 3.8) is 0 Å². The van der Waals surface area contributed by atoms with Crippen LogP contribution in [-0.4, -0.2) is 40.4 Å². The van der Waals surface area contributed by atoms with Gasteiger partial charge in [0.25, 0.3) is 0 Å². The van der Waals surface area contributed by atoms with Gasteiger partial charge in [0.05, 0.1) is 6.54 Å². The van der Waals surface area contributed by atoms with Gasteiger partial charge < -0.3 is 10.2 Å². The number of halogens is 1. The lowest BCUT2D eigenvalue weighted by Gasteiger charge is -2.16. The lowest BCUT2D eigenvalue weighted by molar-refractivity contribution is 0.627. The van der Waals surface area contributed by atoms with Crippen LogP contribution in [0, 0.1) is 5.82 Å². The molecule has 0 saturated carbocycles. The van der Waals surface area contributed by atoms with E-state index in [1.165, 1.54) is 17.7 Å². The summed E-state index contributed by atoms with van der Waals surface area (Å²) in [5.74, 6) is 2.14. The SMILES string of the molecule is CC1=CC(Nc2nc(/C=C/c3cccc(F)c3)nc(N3CCCC3)n2)=NC1. The van der Waals surface area contributed by atoms with Crippen molar-refractivity contribution in [1.29, 1.82) is 0 Å². The summed E-state index contributed by atoms with van der Waals surface area (Å²) in [6, 6.07) is 6.41. The highest BCUT2D eigenvalue weighted by atomic mass is 19.1. The largest absolute Gasteiger partial charge is 0.341 e. The average molecular weight is 364 g/mol. The van der Waals surface area contributed by atoms with E-state index in [-0.39, 0.29) is 5.82 Å². The molecule has 7 heteroatoms. The predicted octanol–water partition coefficient (Wildman–Crippen LogP) is 3.55. The molecule has 4 rings (SSSR count). The molecule has 0 atom stereocenters. The van der Waals surface area contributed by atoms with Crippen LogP contribution in [0.4, 0.5) is 16.3 Å². The first-order chi connectivity index (χ1) is 13.2. The monoisotopic (exact) mass is 364 g/mol. The fourth-order valence-electron chi connectivity index (χ4n) is 3.08. The van der Waals surface area contributed by atoms with Gasteiger partial charge in [-0.05, 0) is 55.2 Å². The molecule has 1 fully saturated rings. The van der Waals surface area contributed by atoms with Crippen molar-refractivity contribution in [1.82, 2.24) is 15.0 Å². The predicted molar refractivity (Wildman–Crippen MR) is 106 cm³/mol. The Kier molecular flexibility index (Phi) is 4.91. The van der Waals surface area contributed by atoms with E-state index in [9.17, 15) is 4.39 Å². The first-order valence-electron chi connectivity index (χ1n) is 9.09. The second kappa shape index (κ2) is 7.65. The molecule has 0 amide bonds. The highest BCUT2D eigenvalue weighted by Gasteiger charge is 2.17. The maximum atomic E-state index is 13.4. The molecule has 0 aliphatic carbocycles. The van der Waals surface area contributed by atoms with E-state index in [1.54, 1.807) is 18.2 Å². The summed E-state index contributed by atoms with van der Waals surface area (Å²) >= 11 is 0. The lowest BCUT2D eigenvalue weighted by Crippen LogP contribution is -2.22. The number of hydrogen-bond donors (Lipinski definition) is 1. The first kappa shape index (κ1) is 17.3. The normalized spacial score (nSPS) is 16.7. The molecule has 0 bridgehead atoms. The van der Waals surface area contributed by atoms with Crippen LogP contribution in [0.15, 0.2) is 40.9 Å². The summed E-state index contributed by atoms with van der Waals surface area (Å²) in [7, 11) is 0. The number of amidine groups is 1. The summed E-state index contributed by atoms with van der Waals surface area (Å²) in [6.45, 7) is 4.61. The molecule has 27 heavy (non-hydrogen) atoms. The summed E-state index contributed by atoms with van der Waals surface area (Å²) in [4.78, 5) is 20.2. The van der Waals surface area contributed by atoms with Crippen molar-refractivity contribution in [3.8, 4) is 0 Å². The number of anilines is 2. The molecule has 2 aliphatic heterocycles. The number of aliphatic imine (C=N–C) groups is 1. The van der Waals surface area contributed by atoms with Crippen molar-refractivity contribution in [3.05, 3.63) is 53.1 Å². The molecule has 1 aromatic carbocycles. The minimum atomic E-state index is -0.269. The summed E-state index contributed by atoms with van der Waals surface area (Å²) in [5, 5.41) is 3.17. The van der Waals surface area contributed by atoms with Crippen molar-refractivity contribution in [2.75, 3.05) is 29.9 Å². The van der Waals surface area contributed by atoms with Crippen LogP contribution in [0.3, 0.4) is 0 Å². The third-order valence-corrected chi connectivity index (χ3v) is 4.43. The fraction of sp³-hybridized carbons (Fsp3) is 0.300. The molecule has 0 radical (unpaired) electrons. The van der Waals surface area contributed by atoms with Crippen molar-refractivity contribution >= 4 is 29.9 Å². The molecule has 0 unspecified atom stereocenters. The summed E-state index contributed by atoms with van der Waals surface area (Å²) in [6.07, 6.45) is 7.84. The molecule has 0 spiro atoms. The zero-order chi connectivity index (χ0) is 18.6. The zero-order valence-corrected chi connectivity index (χ0v) is 15.2. The molecule has 1 aromatic heterocycles. The van der Waals surface area contributed by atoms with E-state index in [4.69, 9.17) is 0 Å². The third-order valence-electron chi connectivity index (χ3n) is 4.43. The van der Waals surface area contributed by atoms with E-state index in [0.29, 0.717) is 24.3 Å². The summed E-state index contributed by atoms with van der Waals surface area (Å²) in [5.41, 5.74) is 1.95. The highest BCUT2D eigenvalue weighted by Crippen LogP contribution is 2.19. The fourth-order valence-corrected chi connectivity index (χ4v) is 3.08. The van der Waals surface area contributed by atoms with E-state index >= 15 is 0 Å².